The Balaban J connectivity index is 1.78. The maximum absolute atomic E-state index is 11.1. The quantitative estimate of drug-likeness (QED) is 0.838. The van der Waals surface area contributed by atoms with Crippen LogP contribution in [0.1, 0.15) is 53.8 Å². The van der Waals surface area contributed by atoms with Gasteiger partial charge in [-0.1, -0.05) is 19.3 Å². The second kappa shape index (κ2) is 4.72. The predicted molar refractivity (Wildman–Crippen MR) is 66.5 cm³/mol. The molecular formula is C13H19N3O2. The van der Waals surface area contributed by atoms with Crippen molar-refractivity contribution < 1.29 is 9.90 Å². The van der Waals surface area contributed by atoms with E-state index in [1.165, 1.54) is 32.1 Å². The molecule has 2 aliphatic rings. The zero-order valence-electron chi connectivity index (χ0n) is 10.5. The summed E-state index contributed by atoms with van der Waals surface area (Å²) in [5.41, 5.74) is 2.13. The number of nitrogens with one attached hydrogen (secondary N) is 1. The molecule has 0 atom stereocenters. The molecule has 1 aromatic heterocycles. The lowest BCUT2D eigenvalue weighted by molar-refractivity contribution is 0.0685. The number of rotatable bonds is 2. The number of carbonyl (C=O) groups is 1. The van der Waals surface area contributed by atoms with Crippen LogP contribution in [0.25, 0.3) is 0 Å². The van der Waals surface area contributed by atoms with Gasteiger partial charge in [-0.05, 0) is 12.8 Å². The van der Waals surface area contributed by atoms with E-state index < -0.39 is 5.97 Å². The van der Waals surface area contributed by atoms with Crippen molar-refractivity contribution in [2.24, 2.45) is 0 Å². The molecule has 1 aliphatic heterocycles. The molecule has 1 aliphatic carbocycles. The maximum atomic E-state index is 11.1. The first-order valence-corrected chi connectivity index (χ1v) is 6.79. The first-order chi connectivity index (χ1) is 8.75. The van der Waals surface area contributed by atoms with Gasteiger partial charge in [0.15, 0.2) is 5.69 Å². The molecule has 2 N–H and O–H groups in total. The average molecular weight is 249 g/mol. The van der Waals surface area contributed by atoms with E-state index in [0.29, 0.717) is 6.04 Å². The number of carboxylic acids is 1. The summed E-state index contributed by atoms with van der Waals surface area (Å²) in [6, 6.07) is 0.642. The molecule has 5 heteroatoms. The van der Waals surface area contributed by atoms with Crippen LogP contribution in [0.5, 0.6) is 0 Å². The molecule has 0 bridgehead atoms. The molecule has 1 saturated carbocycles. The maximum Gasteiger partial charge on any atom is 0.356 e. The van der Waals surface area contributed by atoms with E-state index >= 15 is 0 Å². The predicted octanol–water partition coefficient (Wildman–Crippen LogP) is 1.80. The second-order valence-electron chi connectivity index (χ2n) is 5.35. The number of aromatic nitrogens is 2. The number of hydrogen-bond acceptors (Lipinski definition) is 3. The van der Waals surface area contributed by atoms with Crippen LogP contribution in [0.3, 0.4) is 0 Å². The summed E-state index contributed by atoms with van der Waals surface area (Å²) in [6.45, 7) is 1.77. The Bertz CT molecular complexity index is 449. The zero-order chi connectivity index (χ0) is 12.5. The van der Waals surface area contributed by atoms with Crippen molar-refractivity contribution in [1.29, 1.82) is 0 Å². The van der Waals surface area contributed by atoms with Gasteiger partial charge < -0.3 is 5.11 Å². The highest BCUT2D eigenvalue weighted by atomic mass is 16.4. The van der Waals surface area contributed by atoms with Crippen LogP contribution in [0.15, 0.2) is 0 Å². The zero-order valence-corrected chi connectivity index (χ0v) is 10.5. The first kappa shape index (κ1) is 11.7. The second-order valence-corrected chi connectivity index (χ2v) is 5.35. The smallest absolute Gasteiger partial charge is 0.356 e. The van der Waals surface area contributed by atoms with Crippen LogP contribution in [-0.4, -0.2) is 38.8 Å². The van der Waals surface area contributed by atoms with E-state index in [4.69, 9.17) is 5.11 Å². The lowest BCUT2D eigenvalue weighted by atomic mass is 9.92. The highest BCUT2D eigenvalue weighted by molar-refractivity contribution is 5.87. The Hall–Kier alpha value is -1.36. The normalized spacial score (nSPS) is 21.8. The Morgan fingerprint density at radius 2 is 2.11 bits per heavy atom. The van der Waals surface area contributed by atoms with Crippen LogP contribution in [0, 0.1) is 0 Å². The topological polar surface area (TPSA) is 69.2 Å². The minimum Gasteiger partial charge on any atom is -0.476 e. The standard InChI is InChI=1S/C13H19N3O2/c17-13(18)12-10-8-16(7-6-11(10)14-15-12)9-4-2-1-3-5-9/h9H,1-8H2,(H,14,15)(H,17,18). The highest BCUT2D eigenvalue weighted by Crippen LogP contribution is 2.28. The van der Waals surface area contributed by atoms with Crippen LogP contribution in [0.4, 0.5) is 0 Å². The average Bonchev–Trinajstić information content (AvgIpc) is 2.82. The van der Waals surface area contributed by atoms with Crippen molar-refractivity contribution in [1.82, 2.24) is 15.1 Å². The SMILES string of the molecule is O=C(O)c1n[nH]c2c1CN(C1CCCCC1)CC2. The summed E-state index contributed by atoms with van der Waals surface area (Å²) in [5.74, 6) is -0.919. The summed E-state index contributed by atoms with van der Waals surface area (Å²) < 4.78 is 0. The third kappa shape index (κ3) is 2.03. The van der Waals surface area contributed by atoms with Crippen LogP contribution < -0.4 is 0 Å². The number of hydrogen-bond donors (Lipinski definition) is 2. The van der Waals surface area contributed by atoms with E-state index in [1.54, 1.807) is 0 Å². The summed E-state index contributed by atoms with van der Waals surface area (Å²) in [4.78, 5) is 13.6. The van der Waals surface area contributed by atoms with Gasteiger partial charge in [0.2, 0.25) is 0 Å². The van der Waals surface area contributed by atoms with Crippen molar-refractivity contribution in [2.75, 3.05) is 6.54 Å². The third-order valence-electron chi connectivity index (χ3n) is 4.26. The molecule has 98 valence electrons. The number of aromatic amines is 1. The molecule has 0 radical (unpaired) electrons. The molecule has 1 aromatic rings. The molecule has 2 heterocycles. The van der Waals surface area contributed by atoms with E-state index in [9.17, 15) is 4.79 Å². The Morgan fingerprint density at radius 3 is 2.83 bits per heavy atom. The summed E-state index contributed by atoms with van der Waals surface area (Å²) >= 11 is 0. The number of nitrogens with zero attached hydrogens (tertiary/aromatic N) is 2. The van der Waals surface area contributed by atoms with Crippen LogP contribution in [-0.2, 0) is 13.0 Å². The summed E-state index contributed by atoms with van der Waals surface area (Å²) in [6.07, 6.45) is 7.38. The van der Waals surface area contributed by atoms with Gasteiger partial charge in [0, 0.05) is 36.8 Å². The molecule has 0 amide bonds. The molecule has 0 spiro atoms. The number of fused-ring (bicyclic) bond motifs is 1. The molecule has 0 saturated heterocycles. The van der Waals surface area contributed by atoms with Gasteiger partial charge in [0.05, 0.1) is 0 Å². The van der Waals surface area contributed by atoms with E-state index in [1.807, 2.05) is 0 Å². The van der Waals surface area contributed by atoms with E-state index in [0.717, 1.165) is 30.8 Å². The molecule has 18 heavy (non-hydrogen) atoms. The van der Waals surface area contributed by atoms with Gasteiger partial charge in [-0.3, -0.25) is 10.00 Å². The molecular weight excluding hydrogens is 230 g/mol. The minimum atomic E-state index is -0.919. The fourth-order valence-electron chi connectivity index (χ4n) is 3.25. The van der Waals surface area contributed by atoms with Gasteiger partial charge in [0.1, 0.15) is 0 Å². The number of carboxylic acid groups (broad SMARTS) is 1. The fraction of sp³-hybridized carbons (Fsp3) is 0.692. The van der Waals surface area contributed by atoms with Gasteiger partial charge in [-0.25, -0.2) is 4.79 Å². The molecule has 3 rings (SSSR count). The Kier molecular flexibility index (Phi) is 3.07. The Morgan fingerprint density at radius 1 is 1.33 bits per heavy atom. The van der Waals surface area contributed by atoms with E-state index in [-0.39, 0.29) is 5.69 Å². The van der Waals surface area contributed by atoms with Gasteiger partial charge in [-0.2, -0.15) is 5.10 Å². The van der Waals surface area contributed by atoms with Crippen molar-refractivity contribution in [3.63, 3.8) is 0 Å². The number of H-pyrrole nitrogens is 1. The number of aromatic carboxylic acids is 1. The highest BCUT2D eigenvalue weighted by Gasteiger charge is 2.29. The lowest BCUT2D eigenvalue weighted by Crippen LogP contribution is -2.40. The summed E-state index contributed by atoms with van der Waals surface area (Å²) in [7, 11) is 0. The van der Waals surface area contributed by atoms with Gasteiger partial charge >= 0.3 is 5.97 Å². The van der Waals surface area contributed by atoms with Gasteiger partial charge in [0.25, 0.3) is 0 Å². The third-order valence-corrected chi connectivity index (χ3v) is 4.26. The fourth-order valence-corrected chi connectivity index (χ4v) is 3.25. The van der Waals surface area contributed by atoms with E-state index in [2.05, 4.69) is 15.1 Å². The van der Waals surface area contributed by atoms with Crippen LogP contribution >= 0.6 is 0 Å². The van der Waals surface area contributed by atoms with Crippen molar-refractivity contribution in [3.05, 3.63) is 17.0 Å². The lowest BCUT2D eigenvalue weighted by Gasteiger charge is -2.36. The largest absolute Gasteiger partial charge is 0.476 e. The first-order valence-electron chi connectivity index (χ1n) is 6.79. The van der Waals surface area contributed by atoms with Gasteiger partial charge in [-0.15, -0.1) is 0 Å². The van der Waals surface area contributed by atoms with Crippen molar-refractivity contribution >= 4 is 5.97 Å². The summed E-state index contributed by atoms with van der Waals surface area (Å²) in [5, 5.41) is 15.9. The molecule has 0 aromatic carbocycles. The molecule has 5 nitrogen and oxygen atoms in total. The molecule has 0 unspecified atom stereocenters. The van der Waals surface area contributed by atoms with Crippen molar-refractivity contribution in [3.8, 4) is 0 Å². The molecule has 1 fully saturated rings. The van der Waals surface area contributed by atoms with Crippen LogP contribution in [0.2, 0.25) is 0 Å². The Labute approximate surface area is 106 Å². The monoisotopic (exact) mass is 249 g/mol. The van der Waals surface area contributed by atoms with Crippen molar-refractivity contribution in [2.45, 2.75) is 51.1 Å². The minimum absolute atomic E-state index is 0.213.